The summed E-state index contributed by atoms with van der Waals surface area (Å²) in [5, 5.41) is 21.2. The zero-order chi connectivity index (χ0) is 27.4. The van der Waals surface area contributed by atoms with Crippen molar-refractivity contribution in [1.82, 2.24) is 0 Å². The molecule has 0 radical (unpaired) electrons. The fourth-order valence-electron chi connectivity index (χ4n) is 11.1. The summed E-state index contributed by atoms with van der Waals surface area (Å²) in [6.45, 7) is 15.7. The highest BCUT2D eigenvalue weighted by molar-refractivity contribution is 6.18. The van der Waals surface area contributed by atoms with Crippen LogP contribution in [0.1, 0.15) is 99.8 Å². The molecule has 4 saturated carbocycles. The highest BCUT2D eigenvalue weighted by Crippen LogP contribution is 2.76. The molecule has 4 fully saturated rings. The Kier molecular flexibility index (Phi) is 6.05. The number of hydrogen-bond acceptors (Lipinski definition) is 4. The van der Waals surface area contributed by atoms with Crippen LogP contribution in [0.15, 0.2) is 11.6 Å². The van der Waals surface area contributed by atoms with E-state index >= 15 is 0 Å². The topological polar surface area (TPSA) is 78.2 Å². The summed E-state index contributed by atoms with van der Waals surface area (Å²) < 4.78 is 0. The van der Waals surface area contributed by atoms with Gasteiger partial charge in [-0.1, -0.05) is 54.5 Å². The van der Waals surface area contributed by atoms with Crippen molar-refractivity contribution in [3.63, 3.8) is 0 Å². The molecular formula is C32H46ClNO3. The molecular weight excluding hydrogens is 482 g/mol. The Hall–Kier alpha value is -1.18. The minimum atomic E-state index is -0.615. The van der Waals surface area contributed by atoms with Gasteiger partial charge in [0.25, 0.3) is 0 Å². The summed E-state index contributed by atoms with van der Waals surface area (Å²) in [6.07, 6.45) is 8.57. The van der Waals surface area contributed by atoms with E-state index < -0.39 is 11.5 Å². The quantitative estimate of drug-likeness (QED) is 0.397. The molecule has 5 aliphatic carbocycles. The summed E-state index contributed by atoms with van der Waals surface area (Å²) in [4.78, 5) is 27.7. The number of halogens is 1. The molecule has 0 spiro atoms. The first-order chi connectivity index (χ1) is 17.0. The van der Waals surface area contributed by atoms with Crippen molar-refractivity contribution in [2.75, 3.05) is 5.88 Å². The van der Waals surface area contributed by atoms with Gasteiger partial charge in [-0.25, -0.2) is 0 Å². The van der Waals surface area contributed by atoms with Gasteiger partial charge in [0.1, 0.15) is 11.9 Å². The van der Waals surface area contributed by atoms with E-state index in [1.807, 2.05) is 19.9 Å². The molecule has 37 heavy (non-hydrogen) atoms. The molecule has 5 rings (SSSR count). The van der Waals surface area contributed by atoms with Crippen LogP contribution in [-0.4, -0.2) is 28.7 Å². The third kappa shape index (κ3) is 3.35. The van der Waals surface area contributed by atoms with Gasteiger partial charge in [-0.2, -0.15) is 5.26 Å². The van der Waals surface area contributed by atoms with Crippen LogP contribution in [0.25, 0.3) is 0 Å². The van der Waals surface area contributed by atoms with E-state index in [0.717, 1.165) is 44.9 Å². The minimum Gasteiger partial charge on any atom is -0.391 e. The van der Waals surface area contributed by atoms with Crippen LogP contribution in [0.3, 0.4) is 0 Å². The largest absolute Gasteiger partial charge is 0.391 e. The molecule has 0 amide bonds. The van der Waals surface area contributed by atoms with Crippen LogP contribution < -0.4 is 0 Å². The average Bonchev–Trinajstić information content (AvgIpc) is 2.82. The number of hydrogen-bond donors (Lipinski definition) is 1. The number of nitrogens with zero attached hydrogens (tertiary/aromatic N) is 1. The maximum absolute atomic E-state index is 14.5. The molecule has 0 unspecified atom stereocenters. The number of aliphatic hydroxyl groups is 1. The Bertz CT molecular complexity index is 1100. The van der Waals surface area contributed by atoms with E-state index in [9.17, 15) is 20.0 Å². The Balaban J connectivity index is 1.64. The zero-order valence-corrected chi connectivity index (χ0v) is 24.7. The van der Waals surface area contributed by atoms with Gasteiger partial charge in [0.15, 0.2) is 5.78 Å². The molecule has 204 valence electrons. The number of allylic oxidation sites excluding steroid dienone is 2. The first kappa shape index (κ1) is 27.4. The number of ketones is 2. The lowest BCUT2D eigenvalue weighted by Gasteiger charge is -2.72. The highest BCUT2D eigenvalue weighted by Gasteiger charge is 2.72. The number of fused-ring (bicyclic) bond motifs is 7. The lowest BCUT2D eigenvalue weighted by Crippen LogP contribution is -2.69. The zero-order valence-electron chi connectivity index (χ0n) is 23.9. The number of aliphatic hydroxyl groups excluding tert-OH is 1. The van der Waals surface area contributed by atoms with Gasteiger partial charge in [0.05, 0.1) is 11.7 Å². The predicted octanol–water partition coefficient (Wildman–Crippen LogP) is 6.89. The Morgan fingerprint density at radius 3 is 2.27 bits per heavy atom. The Labute approximate surface area is 228 Å². The summed E-state index contributed by atoms with van der Waals surface area (Å²) in [5.41, 5.74) is -1.15. The number of alkyl halides is 1. The third-order valence-electron chi connectivity index (χ3n) is 13.3. The van der Waals surface area contributed by atoms with Gasteiger partial charge < -0.3 is 5.11 Å². The number of carbonyl (C=O) groups excluding carboxylic acids is 2. The van der Waals surface area contributed by atoms with E-state index in [1.54, 1.807) is 0 Å². The summed E-state index contributed by atoms with van der Waals surface area (Å²) in [7, 11) is 0. The molecule has 0 bridgehead atoms. The van der Waals surface area contributed by atoms with E-state index in [2.05, 4.69) is 40.7 Å². The van der Waals surface area contributed by atoms with Gasteiger partial charge in [-0.05, 0) is 84.4 Å². The van der Waals surface area contributed by atoms with E-state index in [4.69, 9.17) is 11.6 Å². The van der Waals surface area contributed by atoms with E-state index in [1.165, 1.54) is 0 Å². The van der Waals surface area contributed by atoms with Crippen LogP contribution >= 0.6 is 11.6 Å². The smallest absolute Gasteiger partial charge is 0.178 e. The standard InChI is InChI=1S/C32H46ClNO3/c1-27(2)10-12-32(24(36)17-33)13-11-31(7)25(20(32)16-27)21(35)14-23-29(5)15-19(18-34)26(37)28(3,4)22(29)8-9-30(23,31)6/h15,20,22-25,36H,8-14,16-17H2,1-7H3/t20-,22-,23+,24-,25-,29-,30+,31+,32-/m0/s1. The van der Waals surface area contributed by atoms with Crippen LogP contribution in [0.5, 0.6) is 0 Å². The van der Waals surface area contributed by atoms with Crippen molar-refractivity contribution in [3.8, 4) is 6.07 Å². The van der Waals surface area contributed by atoms with E-state index in [-0.39, 0.29) is 68.0 Å². The van der Waals surface area contributed by atoms with E-state index in [0.29, 0.717) is 12.2 Å². The Morgan fingerprint density at radius 1 is 1.00 bits per heavy atom. The molecule has 0 aromatic rings. The second kappa shape index (κ2) is 8.17. The predicted molar refractivity (Wildman–Crippen MR) is 146 cm³/mol. The van der Waals surface area contributed by atoms with Crippen LogP contribution in [0.4, 0.5) is 0 Å². The van der Waals surface area contributed by atoms with Crippen molar-refractivity contribution < 1.29 is 14.7 Å². The molecule has 0 aliphatic heterocycles. The number of Topliss-reactive ketones (excluding diaryl/α,β-unsaturated/α-hetero) is 2. The second-order valence-electron chi connectivity index (χ2n) is 15.6. The second-order valence-corrected chi connectivity index (χ2v) is 15.9. The molecule has 5 heteroatoms. The lowest BCUT2D eigenvalue weighted by atomic mass is 9.31. The van der Waals surface area contributed by atoms with Gasteiger partial charge >= 0.3 is 0 Å². The van der Waals surface area contributed by atoms with Crippen molar-refractivity contribution in [1.29, 1.82) is 5.26 Å². The minimum absolute atomic E-state index is 0.0470. The maximum Gasteiger partial charge on any atom is 0.178 e. The van der Waals surface area contributed by atoms with Crippen molar-refractivity contribution in [2.24, 2.45) is 56.2 Å². The Morgan fingerprint density at radius 2 is 1.65 bits per heavy atom. The maximum atomic E-state index is 14.5. The van der Waals surface area contributed by atoms with Crippen molar-refractivity contribution >= 4 is 23.2 Å². The van der Waals surface area contributed by atoms with Crippen molar-refractivity contribution in [2.45, 2.75) is 106 Å². The van der Waals surface area contributed by atoms with Crippen LogP contribution in [0.2, 0.25) is 0 Å². The summed E-state index contributed by atoms with van der Waals surface area (Å²) in [5.74, 6) is 0.761. The lowest BCUT2D eigenvalue weighted by molar-refractivity contribution is -0.232. The monoisotopic (exact) mass is 527 g/mol. The molecule has 5 aliphatic rings. The highest BCUT2D eigenvalue weighted by atomic mass is 35.5. The first-order valence-corrected chi connectivity index (χ1v) is 15.0. The SMILES string of the molecule is CC1(C)CC[C@]2([C@@H](O)CCl)CC[C@]3(C)[C@H](C(=O)C[C@@H]4[C@@]5(C)C=C(C#N)C(=O)C(C)(C)[C@@H]5CC[C@]43C)[C@@H]2C1. The fraction of sp³-hybridized carbons (Fsp3) is 0.844. The molecule has 0 aromatic heterocycles. The summed E-state index contributed by atoms with van der Waals surface area (Å²) >= 11 is 6.32. The molecule has 0 heterocycles. The number of nitriles is 1. The first-order valence-electron chi connectivity index (χ1n) is 14.5. The normalized spacial score (nSPS) is 48.9. The molecule has 1 N–H and O–H groups in total. The molecule has 0 saturated heterocycles. The van der Waals surface area contributed by atoms with Gasteiger partial charge in [0.2, 0.25) is 0 Å². The molecule has 9 atom stereocenters. The third-order valence-corrected chi connectivity index (χ3v) is 13.6. The average molecular weight is 528 g/mol. The van der Waals surface area contributed by atoms with Gasteiger partial charge in [-0.15, -0.1) is 11.6 Å². The van der Waals surface area contributed by atoms with Crippen molar-refractivity contribution in [3.05, 3.63) is 11.6 Å². The molecule has 0 aromatic carbocycles. The number of carbonyl (C=O) groups is 2. The summed E-state index contributed by atoms with van der Waals surface area (Å²) in [6, 6.07) is 2.21. The fourth-order valence-corrected chi connectivity index (χ4v) is 11.4. The number of rotatable bonds is 2. The molecule has 4 nitrogen and oxygen atoms in total. The van der Waals surface area contributed by atoms with Crippen LogP contribution in [0, 0.1) is 67.5 Å². The van der Waals surface area contributed by atoms with Gasteiger partial charge in [0, 0.05) is 29.0 Å². The van der Waals surface area contributed by atoms with Crippen LogP contribution in [-0.2, 0) is 9.59 Å². The van der Waals surface area contributed by atoms with Gasteiger partial charge in [-0.3, -0.25) is 9.59 Å².